The van der Waals surface area contributed by atoms with E-state index in [4.69, 9.17) is 5.73 Å². The molecule has 0 radical (unpaired) electrons. The molecule has 4 nitrogen and oxygen atoms in total. The highest BCUT2D eigenvalue weighted by molar-refractivity contribution is 7.11. The van der Waals surface area contributed by atoms with Crippen LogP contribution < -0.4 is 11.1 Å². The number of carbonyl (C=O) groups excluding carboxylic acids is 1. The molecular weight excluding hydrogens is 270 g/mol. The molecule has 2 aromatic rings. The van der Waals surface area contributed by atoms with Crippen LogP contribution in [0.15, 0.2) is 30.5 Å². The molecule has 0 saturated carbocycles. The SMILES string of the molecule is Cc1ccc(CC(C)NC(=O)c2ccnc(CN)c2)s1. The Kier molecular flexibility index (Phi) is 4.87. The summed E-state index contributed by atoms with van der Waals surface area (Å²) in [5.74, 6) is -0.0807. The zero-order valence-corrected chi connectivity index (χ0v) is 12.5. The summed E-state index contributed by atoms with van der Waals surface area (Å²) >= 11 is 1.77. The van der Waals surface area contributed by atoms with E-state index in [2.05, 4.69) is 29.4 Å². The normalized spacial score (nSPS) is 12.2. The first-order chi connectivity index (χ1) is 9.58. The molecule has 1 unspecified atom stereocenters. The van der Waals surface area contributed by atoms with Crippen LogP contribution in [0.25, 0.3) is 0 Å². The van der Waals surface area contributed by atoms with Crippen LogP contribution in [0.1, 0.15) is 32.7 Å². The molecule has 0 aromatic carbocycles. The summed E-state index contributed by atoms with van der Waals surface area (Å²) in [6.45, 7) is 4.44. The van der Waals surface area contributed by atoms with Gasteiger partial charge in [0.15, 0.2) is 0 Å². The van der Waals surface area contributed by atoms with Crippen LogP contribution in [0.3, 0.4) is 0 Å². The number of rotatable bonds is 5. The summed E-state index contributed by atoms with van der Waals surface area (Å²) in [6, 6.07) is 7.75. The molecule has 0 aliphatic heterocycles. The molecule has 20 heavy (non-hydrogen) atoms. The third-order valence-electron chi connectivity index (χ3n) is 2.97. The van der Waals surface area contributed by atoms with Crippen LogP contribution in [0.2, 0.25) is 0 Å². The van der Waals surface area contributed by atoms with Gasteiger partial charge in [0.25, 0.3) is 5.91 Å². The van der Waals surface area contributed by atoms with Gasteiger partial charge in [-0.1, -0.05) is 0 Å². The van der Waals surface area contributed by atoms with Gasteiger partial charge >= 0.3 is 0 Å². The van der Waals surface area contributed by atoms with Crippen molar-refractivity contribution in [3.05, 3.63) is 51.5 Å². The summed E-state index contributed by atoms with van der Waals surface area (Å²) in [4.78, 5) is 18.8. The molecular formula is C15H19N3OS. The van der Waals surface area contributed by atoms with Crippen molar-refractivity contribution in [2.45, 2.75) is 32.9 Å². The fourth-order valence-corrected chi connectivity index (χ4v) is 3.00. The molecule has 1 atom stereocenters. The topological polar surface area (TPSA) is 68.0 Å². The summed E-state index contributed by atoms with van der Waals surface area (Å²) in [6.07, 6.45) is 2.46. The predicted octanol–water partition coefficient (Wildman–Crippen LogP) is 2.27. The van der Waals surface area contributed by atoms with Gasteiger partial charge in [0.1, 0.15) is 0 Å². The Morgan fingerprint density at radius 1 is 1.45 bits per heavy atom. The van der Waals surface area contributed by atoms with Crippen molar-refractivity contribution in [3.63, 3.8) is 0 Å². The first kappa shape index (κ1) is 14.7. The molecule has 1 amide bonds. The van der Waals surface area contributed by atoms with E-state index in [1.54, 1.807) is 29.7 Å². The maximum atomic E-state index is 12.1. The van der Waals surface area contributed by atoms with Crippen molar-refractivity contribution in [2.75, 3.05) is 0 Å². The van der Waals surface area contributed by atoms with E-state index >= 15 is 0 Å². The van der Waals surface area contributed by atoms with Crippen molar-refractivity contribution in [2.24, 2.45) is 5.73 Å². The van der Waals surface area contributed by atoms with Crippen LogP contribution in [-0.2, 0) is 13.0 Å². The number of pyridine rings is 1. The van der Waals surface area contributed by atoms with Gasteiger partial charge in [-0.2, -0.15) is 0 Å². The van der Waals surface area contributed by atoms with E-state index in [9.17, 15) is 4.79 Å². The van der Waals surface area contributed by atoms with E-state index in [-0.39, 0.29) is 11.9 Å². The number of carbonyl (C=O) groups is 1. The number of hydrogen-bond acceptors (Lipinski definition) is 4. The summed E-state index contributed by atoms with van der Waals surface area (Å²) < 4.78 is 0. The second kappa shape index (κ2) is 6.63. The lowest BCUT2D eigenvalue weighted by Gasteiger charge is -2.13. The van der Waals surface area contributed by atoms with E-state index < -0.39 is 0 Å². The smallest absolute Gasteiger partial charge is 0.251 e. The molecule has 5 heteroatoms. The monoisotopic (exact) mass is 289 g/mol. The zero-order valence-electron chi connectivity index (χ0n) is 11.7. The molecule has 0 aliphatic rings. The molecule has 0 spiro atoms. The van der Waals surface area contributed by atoms with Gasteiger partial charge in [0.2, 0.25) is 0 Å². The van der Waals surface area contributed by atoms with Crippen LogP contribution in [-0.4, -0.2) is 16.9 Å². The second-order valence-electron chi connectivity index (χ2n) is 4.83. The van der Waals surface area contributed by atoms with Gasteiger partial charge < -0.3 is 11.1 Å². The standard InChI is InChI=1S/C15H19N3OS/c1-10(7-14-4-3-11(2)20-14)18-15(19)12-5-6-17-13(8-12)9-16/h3-6,8,10H,7,9,16H2,1-2H3,(H,18,19). The first-order valence-corrected chi connectivity index (χ1v) is 7.41. The Hall–Kier alpha value is -1.72. The molecule has 0 bridgehead atoms. The minimum absolute atomic E-state index is 0.0807. The highest BCUT2D eigenvalue weighted by atomic mass is 32.1. The molecule has 0 fully saturated rings. The number of nitrogens with two attached hydrogens (primary N) is 1. The molecule has 2 rings (SSSR count). The second-order valence-corrected chi connectivity index (χ2v) is 6.20. The summed E-state index contributed by atoms with van der Waals surface area (Å²) in [5.41, 5.74) is 6.86. The lowest BCUT2D eigenvalue weighted by molar-refractivity contribution is 0.0940. The van der Waals surface area contributed by atoms with Crippen molar-refractivity contribution in [3.8, 4) is 0 Å². The zero-order chi connectivity index (χ0) is 14.5. The van der Waals surface area contributed by atoms with Crippen molar-refractivity contribution in [1.82, 2.24) is 10.3 Å². The lowest BCUT2D eigenvalue weighted by Crippen LogP contribution is -2.34. The minimum Gasteiger partial charge on any atom is -0.349 e. The number of thiophene rings is 1. The van der Waals surface area contributed by atoms with Gasteiger partial charge in [-0.05, 0) is 38.1 Å². The van der Waals surface area contributed by atoms with Crippen molar-refractivity contribution < 1.29 is 4.79 Å². The molecule has 3 N–H and O–H groups in total. The molecule has 0 aliphatic carbocycles. The average molecular weight is 289 g/mol. The highest BCUT2D eigenvalue weighted by Crippen LogP contribution is 2.16. The van der Waals surface area contributed by atoms with E-state index in [0.717, 1.165) is 12.1 Å². The minimum atomic E-state index is -0.0807. The molecule has 0 saturated heterocycles. The Bertz CT molecular complexity index is 594. The lowest BCUT2D eigenvalue weighted by atomic mass is 10.1. The number of aryl methyl sites for hydroxylation is 1. The Morgan fingerprint density at radius 2 is 2.25 bits per heavy atom. The molecule has 2 heterocycles. The maximum absolute atomic E-state index is 12.1. The summed E-state index contributed by atoms with van der Waals surface area (Å²) in [7, 11) is 0. The fraction of sp³-hybridized carbons (Fsp3) is 0.333. The van der Waals surface area contributed by atoms with Gasteiger partial charge in [-0.25, -0.2) is 0 Å². The van der Waals surface area contributed by atoms with Crippen molar-refractivity contribution >= 4 is 17.2 Å². The quantitative estimate of drug-likeness (QED) is 0.887. The van der Waals surface area contributed by atoms with E-state index in [0.29, 0.717) is 12.1 Å². The fourth-order valence-electron chi connectivity index (χ4n) is 1.99. The largest absolute Gasteiger partial charge is 0.349 e. The average Bonchev–Trinajstić information content (AvgIpc) is 2.83. The third kappa shape index (κ3) is 3.88. The third-order valence-corrected chi connectivity index (χ3v) is 3.99. The number of nitrogens with one attached hydrogen (secondary N) is 1. The van der Waals surface area contributed by atoms with Crippen LogP contribution in [0, 0.1) is 6.92 Å². The van der Waals surface area contributed by atoms with E-state index in [1.165, 1.54) is 9.75 Å². The van der Waals surface area contributed by atoms with Crippen LogP contribution in [0.4, 0.5) is 0 Å². The summed E-state index contributed by atoms with van der Waals surface area (Å²) in [5, 5.41) is 3.00. The Balaban J connectivity index is 1.96. The number of amides is 1. The Morgan fingerprint density at radius 3 is 2.90 bits per heavy atom. The molecule has 2 aromatic heterocycles. The molecule has 106 valence electrons. The number of hydrogen-bond donors (Lipinski definition) is 2. The van der Waals surface area contributed by atoms with Gasteiger partial charge in [0, 0.05) is 40.5 Å². The Labute approximate surface area is 123 Å². The van der Waals surface area contributed by atoms with Gasteiger partial charge in [-0.3, -0.25) is 9.78 Å². The van der Waals surface area contributed by atoms with Crippen molar-refractivity contribution in [1.29, 1.82) is 0 Å². The van der Waals surface area contributed by atoms with E-state index in [1.807, 2.05) is 6.92 Å². The van der Waals surface area contributed by atoms with Crippen LogP contribution >= 0.6 is 11.3 Å². The number of nitrogens with zero attached hydrogens (tertiary/aromatic N) is 1. The maximum Gasteiger partial charge on any atom is 0.251 e. The highest BCUT2D eigenvalue weighted by Gasteiger charge is 2.11. The first-order valence-electron chi connectivity index (χ1n) is 6.59. The van der Waals surface area contributed by atoms with Crippen LogP contribution in [0.5, 0.6) is 0 Å². The van der Waals surface area contributed by atoms with Gasteiger partial charge in [0.05, 0.1) is 5.69 Å². The van der Waals surface area contributed by atoms with Gasteiger partial charge in [-0.15, -0.1) is 11.3 Å². The number of aromatic nitrogens is 1. The predicted molar refractivity (Wildman–Crippen MR) is 81.8 cm³/mol.